The van der Waals surface area contributed by atoms with E-state index in [9.17, 15) is 0 Å². The number of rotatable bonds is 7. The number of benzene rings is 2. The Morgan fingerprint density at radius 2 is 2.04 bits per heavy atom. The second kappa shape index (κ2) is 7.80. The monoisotopic (exact) mass is 337 g/mol. The van der Waals surface area contributed by atoms with Crippen LogP contribution in [0.2, 0.25) is 0 Å². The summed E-state index contributed by atoms with van der Waals surface area (Å²) in [5, 5.41) is 13.2. The van der Waals surface area contributed by atoms with Crippen LogP contribution in [0.4, 0.5) is 5.69 Å². The number of unbranched alkanes of at least 4 members (excludes halogenated alkanes) is 1. The van der Waals surface area contributed by atoms with Gasteiger partial charge in [0.2, 0.25) is 0 Å². The van der Waals surface area contributed by atoms with Crippen molar-refractivity contribution in [2.45, 2.75) is 26.3 Å². The molecule has 1 aromatic heterocycles. The molecule has 0 fully saturated rings. The molecule has 3 rings (SSSR count). The Balaban J connectivity index is 1.65. The van der Waals surface area contributed by atoms with Crippen LogP contribution in [0.3, 0.4) is 0 Å². The lowest BCUT2D eigenvalue weighted by atomic mass is 10.2. The van der Waals surface area contributed by atoms with E-state index < -0.39 is 0 Å². The molecule has 0 atom stereocenters. The van der Waals surface area contributed by atoms with Crippen LogP contribution in [-0.4, -0.2) is 11.6 Å². The number of nitrogens with zero attached hydrogens (tertiary/aromatic N) is 2. The van der Waals surface area contributed by atoms with Crippen molar-refractivity contribution in [3.63, 3.8) is 0 Å². The lowest BCUT2D eigenvalue weighted by Crippen LogP contribution is -1.98. The Hall–Kier alpha value is -2.58. The zero-order valence-electron chi connectivity index (χ0n) is 13.6. The lowest BCUT2D eigenvalue weighted by Gasteiger charge is -2.04. The third-order valence-corrected chi connectivity index (χ3v) is 4.65. The maximum Gasteiger partial charge on any atom is 0.120 e. The summed E-state index contributed by atoms with van der Waals surface area (Å²) in [5.74, 6) is 0.909. The van der Waals surface area contributed by atoms with E-state index in [1.165, 1.54) is 0 Å². The van der Waals surface area contributed by atoms with E-state index in [1.54, 1.807) is 23.5 Å². The number of hydrogen-bond donors (Lipinski definition) is 1. The van der Waals surface area contributed by atoms with Gasteiger partial charge < -0.3 is 10.1 Å². The fraction of sp³-hybridized carbons (Fsp3) is 0.263. The maximum absolute atomic E-state index is 8.82. The van der Waals surface area contributed by atoms with Crippen molar-refractivity contribution in [2.75, 3.05) is 11.9 Å². The van der Waals surface area contributed by atoms with E-state index in [1.807, 2.05) is 24.3 Å². The van der Waals surface area contributed by atoms with E-state index in [0.29, 0.717) is 12.1 Å². The minimum atomic E-state index is 0.663. The Morgan fingerprint density at radius 1 is 1.21 bits per heavy atom. The van der Waals surface area contributed by atoms with Crippen molar-refractivity contribution in [2.24, 2.45) is 0 Å². The Bertz CT molecular complexity index is 849. The van der Waals surface area contributed by atoms with Crippen LogP contribution in [-0.2, 0) is 6.54 Å². The zero-order valence-corrected chi connectivity index (χ0v) is 14.4. The largest absolute Gasteiger partial charge is 0.494 e. The van der Waals surface area contributed by atoms with Crippen LogP contribution in [0.15, 0.2) is 42.5 Å². The molecular weight excluding hydrogens is 318 g/mol. The van der Waals surface area contributed by atoms with Crippen LogP contribution >= 0.6 is 11.3 Å². The van der Waals surface area contributed by atoms with Gasteiger partial charge in [0.1, 0.15) is 10.8 Å². The predicted octanol–water partition coefficient (Wildman–Crippen LogP) is 4.96. The third-order valence-electron chi connectivity index (χ3n) is 3.63. The summed E-state index contributed by atoms with van der Waals surface area (Å²) in [6.45, 7) is 3.58. The van der Waals surface area contributed by atoms with Crippen LogP contribution in [0.5, 0.6) is 5.75 Å². The van der Waals surface area contributed by atoms with Crippen LogP contribution < -0.4 is 10.1 Å². The molecule has 0 radical (unpaired) electrons. The fourth-order valence-electron chi connectivity index (χ4n) is 2.29. The van der Waals surface area contributed by atoms with Crippen LogP contribution in [0.25, 0.3) is 10.2 Å². The number of nitriles is 1. The zero-order chi connectivity index (χ0) is 16.8. The first-order valence-electron chi connectivity index (χ1n) is 8.05. The smallest absolute Gasteiger partial charge is 0.120 e. The molecule has 0 saturated carbocycles. The Morgan fingerprint density at radius 3 is 2.79 bits per heavy atom. The van der Waals surface area contributed by atoms with Gasteiger partial charge in [-0.2, -0.15) is 5.26 Å². The molecule has 0 spiro atoms. The highest BCUT2D eigenvalue weighted by atomic mass is 32.1. The van der Waals surface area contributed by atoms with Gasteiger partial charge in [0.25, 0.3) is 0 Å². The molecule has 5 heteroatoms. The van der Waals surface area contributed by atoms with Gasteiger partial charge in [-0.15, -0.1) is 11.3 Å². The molecule has 24 heavy (non-hydrogen) atoms. The van der Waals surface area contributed by atoms with Gasteiger partial charge in [0.15, 0.2) is 0 Å². The van der Waals surface area contributed by atoms with E-state index in [0.717, 1.165) is 46.1 Å². The number of nitrogens with one attached hydrogen (secondary N) is 1. The van der Waals surface area contributed by atoms with Crippen molar-refractivity contribution in [3.8, 4) is 11.8 Å². The van der Waals surface area contributed by atoms with Gasteiger partial charge in [0.05, 0.1) is 35.0 Å². The molecule has 122 valence electrons. The number of aromatic nitrogens is 1. The highest BCUT2D eigenvalue weighted by molar-refractivity contribution is 7.18. The summed E-state index contributed by atoms with van der Waals surface area (Å²) < 4.78 is 6.89. The summed E-state index contributed by atoms with van der Waals surface area (Å²) in [5.41, 5.74) is 2.65. The second-order valence-corrected chi connectivity index (χ2v) is 6.60. The van der Waals surface area contributed by atoms with Crippen LogP contribution in [0, 0.1) is 11.3 Å². The van der Waals surface area contributed by atoms with Crippen molar-refractivity contribution in [1.82, 2.24) is 4.98 Å². The fourth-order valence-corrected chi connectivity index (χ4v) is 3.23. The summed E-state index contributed by atoms with van der Waals surface area (Å²) >= 11 is 1.67. The molecular formula is C19H19N3OS. The molecule has 0 aliphatic rings. The predicted molar refractivity (Wildman–Crippen MR) is 98.5 cm³/mol. The maximum atomic E-state index is 8.82. The SMILES string of the molecule is CCCCOc1ccc2nc(CNc3ccc(C#N)cc3)sc2c1. The summed E-state index contributed by atoms with van der Waals surface area (Å²) in [6.07, 6.45) is 2.20. The molecule has 4 nitrogen and oxygen atoms in total. The van der Waals surface area contributed by atoms with Crippen LogP contribution in [0.1, 0.15) is 30.3 Å². The minimum absolute atomic E-state index is 0.663. The first-order chi connectivity index (χ1) is 11.8. The molecule has 0 amide bonds. The van der Waals surface area contributed by atoms with Gasteiger partial charge >= 0.3 is 0 Å². The highest BCUT2D eigenvalue weighted by Crippen LogP contribution is 2.27. The molecule has 1 heterocycles. The number of fused-ring (bicyclic) bond motifs is 1. The standard InChI is InChI=1S/C19H19N3OS/c1-2-3-10-23-16-8-9-17-18(11-16)24-19(22-17)13-21-15-6-4-14(12-20)5-7-15/h4-9,11,21H,2-3,10,13H2,1H3. The average Bonchev–Trinajstić information content (AvgIpc) is 3.03. The number of hydrogen-bond acceptors (Lipinski definition) is 5. The van der Waals surface area contributed by atoms with Gasteiger partial charge in [-0.05, 0) is 48.9 Å². The molecule has 3 aromatic rings. The number of anilines is 1. The van der Waals surface area contributed by atoms with Crippen molar-refractivity contribution < 1.29 is 4.74 Å². The molecule has 0 aliphatic heterocycles. The summed E-state index contributed by atoms with van der Waals surface area (Å²) in [7, 11) is 0. The van der Waals surface area contributed by atoms with E-state index in [-0.39, 0.29) is 0 Å². The molecule has 0 aliphatic carbocycles. The molecule has 0 bridgehead atoms. The molecule has 0 unspecified atom stereocenters. The van der Waals surface area contributed by atoms with E-state index in [4.69, 9.17) is 10.00 Å². The lowest BCUT2D eigenvalue weighted by molar-refractivity contribution is 0.310. The Labute approximate surface area is 145 Å². The summed E-state index contributed by atoms with van der Waals surface area (Å²) in [4.78, 5) is 4.65. The number of ether oxygens (including phenoxy) is 1. The molecule has 0 saturated heterocycles. The highest BCUT2D eigenvalue weighted by Gasteiger charge is 2.05. The van der Waals surface area contributed by atoms with Gasteiger partial charge in [0, 0.05) is 5.69 Å². The third kappa shape index (κ3) is 4.03. The first kappa shape index (κ1) is 16.3. The van der Waals surface area contributed by atoms with E-state index >= 15 is 0 Å². The van der Waals surface area contributed by atoms with Crippen molar-refractivity contribution >= 4 is 27.2 Å². The molecule has 1 N–H and O–H groups in total. The quantitative estimate of drug-likeness (QED) is 0.619. The number of thiazole rings is 1. The topological polar surface area (TPSA) is 57.9 Å². The van der Waals surface area contributed by atoms with Crippen molar-refractivity contribution in [3.05, 3.63) is 53.0 Å². The molecule has 2 aromatic carbocycles. The Kier molecular flexibility index (Phi) is 5.29. The van der Waals surface area contributed by atoms with Gasteiger partial charge in [-0.25, -0.2) is 4.98 Å². The first-order valence-corrected chi connectivity index (χ1v) is 8.86. The van der Waals surface area contributed by atoms with E-state index in [2.05, 4.69) is 29.4 Å². The minimum Gasteiger partial charge on any atom is -0.494 e. The second-order valence-electron chi connectivity index (χ2n) is 5.48. The average molecular weight is 337 g/mol. The van der Waals surface area contributed by atoms with Gasteiger partial charge in [-0.1, -0.05) is 13.3 Å². The van der Waals surface area contributed by atoms with Crippen molar-refractivity contribution in [1.29, 1.82) is 5.26 Å². The normalized spacial score (nSPS) is 10.5. The van der Waals surface area contributed by atoms with Gasteiger partial charge in [-0.3, -0.25) is 0 Å². The summed E-state index contributed by atoms with van der Waals surface area (Å²) in [6, 6.07) is 15.6.